The molecule has 7 nitrogen and oxygen atoms in total. The highest BCUT2D eigenvalue weighted by Gasteiger charge is 2.37. The molecule has 1 N–H and O–H groups in total. The van der Waals surface area contributed by atoms with E-state index in [-0.39, 0.29) is 36.3 Å². The van der Waals surface area contributed by atoms with Crippen LogP contribution < -0.4 is 10.3 Å². The largest absolute Gasteiger partial charge is 0.481 e. The highest BCUT2D eigenvalue weighted by molar-refractivity contribution is 9.10. The van der Waals surface area contributed by atoms with Crippen LogP contribution in [0.15, 0.2) is 63.9 Å². The van der Waals surface area contributed by atoms with Gasteiger partial charge in [0.15, 0.2) is 14.0 Å². The van der Waals surface area contributed by atoms with Crippen molar-refractivity contribution in [3.63, 3.8) is 0 Å². The van der Waals surface area contributed by atoms with Crippen LogP contribution in [0.3, 0.4) is 0 Å². The number of aromatic nitrogens is 2. The van der Waals surface area contributed by atoms with E-state index in [1.165, 1.54) is 0 Å². The molecule has 0 aliphatic rings. The van der Waals surface area contributed by atoms with Crippen LogP contribution in [-0.4, -0.2) is 37.5 Å². The average Bonchev–Trinajstić information content (AvgIpc) is 2.82. The summed E-state index contributed by atoms with van der Waals surface area (Å²) in [5.41, 5.74) is 1.09. The van der Waals surface area contributed by atoms with E-state index in [1.807, 2.05) is 54.6 Å². The molecule has 2 aromatic carbocycles. The molecule has 0 amide bonds. The Morgan fingerprint density at radius 1 is 1.03 bits per heavy atom. The third-order valence-corrected chi connectivity index (χ3v) is 11.6. The number of aromatic amines is 1. The van der Waals surface area contributed by atoms with Gasteiger partial charge in [-0.1, -0.05) is 85.2 Å². The summed E-state index contributed by atoms with van der Waals surface area (Å²) in [4.78, 5) is 33.2. The number of H-pyrrole nitrogens is 1. The van der Waals surface area contributed by atoms with Crippen LogP contribution in [0.25, 0.3) is 0 Å². The van der Waals surface area contributed by atoms with Gasteiger partial charge < -0.3 is 18.9 Å². The zero-order chi connectivity index (χ0) is 26.3. The Labute approximate surface area is 221 Å². The van der Waals surface area contributed by atoms with Crippen molar-refractivity contribution in [3.05, 3.63) is 92.1 Å². The number of carbonyl (C=O) groups is 1. The van der Waals surface area contributed by atoms with Crippen molar-refractivity contribution in [2.24, 2.45) is 0 Å². The van der Waals surface area contributed by atoms with Crippen LogP contribution in [-0.2, 0) is 22.2 Å². The van der Waals surface area contributed by atoms with E-state index >= 15 is 0 Å². The predicted octanol–water partition coefficient (Wildman–Crippen LogP) is 5.88. The quantitative estimate of drug-likeness (QED) is 0.185. The molecule has 36 heavy (non-hydrogen) atoms. The van der Waals surface area contributed by atoms with Gasteiger partial charge in [0.05, 0.1) is 6.61 Å². The number of carbonyl (C=O) groups excluding carboxylic acids is 1. The molecule has 9 heteroatoms. The zero-order valence-electron chi connectivity index (χ0n) is 21.4. The van der Waals surface area contributed by atoms with Gasteiger partial charge in [0.1, 0.15) is 19.0 Å². The number of esters is 1. The van der Waals surface area contributed by atoms with Crippen molar-refractivity contribution in [1.29, 1.82) is 0 Å². The maximum Gasteiger partial charge on any atom is 0.361 e. The van der Waals surface area contributed by atoms with Gasteiger partial charge in [-0.25, -0.2) is 9.78 Å². The van der Waals surface area contributed by atoms with Gasteiger partial charge in [0.25, 0.3) is 5.56 Å². The summed E-state index contributed by atoms with van der Waals surface area (Å²) < 4.78 is 18.2. The Morgan fingerprint density at radius 2 is 1.69 bits per heavy atom. The molecular formula is C27H33BrN2O5Si. The summed E-state index contributed by atoms with van der Waals surface area (Å²) in [6, 6.07) is 17.0. The first-order valence-corrected chi connectivity index (χ1v) is 15.5. The molecule has 0 saturated heterocycles. The lowest BCUT2D eigenvalue weighted by atomic mass is 10.1. The molecule has 0 unspecified atom stereocenters. The lowest BCUT2D eigenvalue weighted by Crippen LogP contribution is -2.41. The Bertz CT molecular complexity index is 1240. The van der Waals surface area contributed by atoms with Gasteiger partial charge in [0, 0.05) is 10.9 Å². The molecule has 3 aromatic rings. The van der Waals surface area contributed by atoms with E-state index in [4.69, 9.17) is 13.9 Å². The molecule has 0 fully saturated rings. The monoisotopic (exact) mass is 572 g/mol. The summed E-state index contributed by atoms with van der Waals surface area (Å²) in [7, 11) is -1.97. The molecule has 0 aliphatic heterocycles. The van der Waals surface area contributed by atoms with E-state index in [2.05, 4.69) is 59.8 Å². The Balaban J connectivity index is 1.81. The lowest BCUT2D eigenvalue weighted by molar-refractivity contribution is 0.0428. The first kappa shape index (κ1) is 27.8. The Hall–Kier alpha value is -2.75. The number of halogens is 1. The fourth-order valence-corrected chi connectivity index (χ4v) is 4.58. The summed E-state index contributed by atoms with van der Waals surface area (Å²) in [6.45, 7) is 11.2. The van der Waals surface area contributed by atoms with Gasteiger partial charge >= 0.3 is 5.97 Å². The minimum absolute atomic E-state index is 0.0460. The maximum absolute atomic E-state index is 13.1. The molecule has 3 rings (SSSR count). The predicted molar refractivity (Wildman–Crippen MR) is 146 cm³/mol. The normalized spacial score (nSPS) is 11.8. The van der Waals surface area contributed by atoms with E-state index in [0.717, 1.165) is 15.6 Å². The van der Waals surface area contributed by atoms with Crippen LogP contribution in [0.1, 0.15) is 48.2 Å². The van der Waals surface area contributed by atoms with E-state index < -0.39 is 19.8 Å². The SMILES string of the molecule is CC(C)(C)[Si](C)(C)OCCOC(=O)c1nc(Cc2ccccc2Br)[nH]c(=O)c1OCc1ccccc1. The molecule has 0 saturated carbocycles. The van der Waals surface area contributed by atoms with Crippen molar-refractivity contribution < 1.29 is 18.7 Å². The molecule has 1 aromatic heterocycles. The number of hydrogen-bond donors (Lipinski definition) is 1. The summed E-state index contributed by atoms with van der Waals surface area (Å²) in [5, 5.41) is 0.0460. The highest BCUT2D eigenvalue weighted by Crippen LogP contribution is 2.36. The molecule has 0 bridgehead atoms. The van der Waals surface area contributed by atoms with E-state index in [0.29, 0.717) is 12.2 Å². The number of nitrogens with zero attached hydrogens (tertiary/aromatic N) is 1. The summed E-state index contributed by atoms with van der Waals surface area (Å²) >= 11 is 3.51. The van der Waals surface area contributed by atoms with Gasteiger partial charge in [-0.05, 0) is 35.3 Å². The third kappa shape index (κ3) is 7.38. The first-order valence-electron chi connectivity index (χ1n) is 11.8. The number of ether oxygens (including phenoxy) is 2. The molecule has 1 heterocycles. The number of benzene rings is 2. The second kappa shape index (κ2) is 12.0. The highest BCUT2D eigenvalue weighted by atomic mass is 79.9. The summed E-state index contributed by atoms with van der Waals surface area (Å²) in [6.07, 6.45) is 0.324. The van der Waals surface area contributed by atoms with Gasteiger partial charge in [0.2, 0.25) is 5.75 Å². The molecule has 0 spiro atoms. The van der Waals surface area contributed by atoms with Gasteiger partial charge in [-0.3, -0.25) is 4.79 Å². The lowest BCUT2D eigenvalue weighted by Gasteiger charge is -2.36. The fourth-order valence-electron chi connectivity index (χ4n) is 3.13. The molecule has 0 atom stereocenters. The topological polar surface area (TPSA) is 90.5 Å². The first-order chi connectivity index (χ1) is 17.0. The number of nitrogens with one attached hydrogen (secondary N) is 1. The zero-order valence-corrected chi connectivity index (χ0v) is 24.0. The molecule has 0 radical (unpaired) electrons. The Morgan fingerprint density at radius 3 is 2.36 bits per heavy atom. The number of rotatable bonds is 10. The molecule has 192 valence electrons. The average molecular weight is 574 g/mol. The third-order valence-electron chi connectivity index (χ3n) is 6.25. The van der Waals surface area contributed by atoms with Gasteiger partial charge in [-0.15, -0.1) is 0 Å². The van der Waals surface area contributed by atoms with Crippen molar-refractivity contribution in [1.82, 2.24) is 9.97 Å². The van der Waals surface area contributed by atoms with Crippen LogP contribution in [0.2, 0.25) is 18.1 Å². The van der Waals surface area contributed by atoms with Crippen molar-refractivity contribution in [2.75, 3.05) is 13.2 Å². The van der Waals surface area contributed by atoms with Gasteiger partial charge in [-0.2, -0.15) is 0 Å². The number of hydrogen-bond acceptors (Lipinski definition) is 6. The second-order valence-electron chi connectivity index (χ2n) is 9.98. The van der Waals surface area contributed by atoms with Crippen LogP contribution in [0.4, 0.5) is 0 Å². The van der Waals surface area contributed by atoms with Crippen LogP contribution >= 0.6 is 15.9 Å². The smallest absolute Gasteiger partial charge is 0.361 e. The maximum atomic E-state index is 13.1. The molecule has 0 aliphatic carbocycles. The van der Waals surface area contributed by atoms with E-state index in [1.54, 1.807) is 0 Å². The molecular weight excluding hydrogens is 540 g/mol. The van der Waals surface area contributed by atoms with Crippen molar-refractivity contribution in [2.45, 2.75) is 51.9 Å². The van der Waals surface area contributed by atoms with Crippen LogP contribution in [0, 0.1) is 0 Å². The minimum atomic E-state index is -1.97. The standard InChI is InChI=1S/C27H33BrN2O5Si/c1-27(2,3)36(4,5)35-16-15-33-26(32)23-24(34-18-19-11-7-6-8-12-19)25(31)30-22(29-23)17-20-13-9-10-14-21(20)28/h6-14H,15-18H2,1-5H3,(H,29,30,31). The Kier molecular flexibility index (Phi) is 9.27. The van der Waals surface area contributed by atoms with E-state index in [9.17, 15) is 9.59 Å². The minimum Gasteiger partial charge on any atom is -0.481 e. The van der Waals surface area contributed by atoms with Crippen molar-refractivity contribution in [3.8, 4) is 5.75 Å². The van der Waals surface area contributed by atoms with Crippen LogP contribution in [0.5, 0.6) is 5.75 Å². The summed E-state index contributed by atoms with van der Waals surface area (Å²) in [5.74, 6) is -0.551. The fraction of sp³-hybridized carbons (Fsp3) is 0.370. The van der Waals surface area contributed by atoms with Crippen molar-refractivity contribution >= 4 is 30.2 Å². The second-order valence-corrected chi connectivity index (χ2v) is 15.6.